The zero-order valence-corrected chi connectivity index (χ0v) is 15.4. The molecule has 0 radical (unpaired) electrons. The Hall–Kier alpha value is -2.34. The molecule has 0 atom stereocenters. The highest BCUT2D eigenvalue weighted by Crippen LogP contribution is 2.32. The Morgan fingerprint density at radius 1 is 1.27 bits per heavy atom. The van der Waals surface area contributed by atoms with Gasteiger partial charge in [-0.25, -0.2) is 4.98 Å². The normalized spacial score (nSPS) is 17.0. The van der Waals surface area contributed by atoms with E-state index in [9.17, 15) is 4.79 Å². The Kier molecular flexibility index (Phi) is 4.68. The van der Waals surface area contributed by atoms with E-state index in [0.29, 0.717) is 12.5 Å². The van der Waals surface area contributed by atoms with E-state index in [2.05, 4.69) is 9.88 Å². The summed E-state index contributed by atoms with van der Waals surface area (Å²) < 4.78 is 10.8. The topological polar surface area (TPSA) is 67.5 Å². The highest BCUT2D eigenvalue weighted by Gasteiger charge is 2.25. The summed E-state index contributed by atoms with van der Waals surface area (Å²) in [5.41, 5.74) is 2.94. The molecule has 1 aliphatic heterocycles. The molecule has 2 aliphatic rings. The molecular weight excluding hydrogens is 330 g/mol. The van der Waals surface area contributed by atoms with Crippen molar-refractivity contribution < 1.29 is 9.47 Å². The number of aromatic nitrogens is 2. The molecule has 0 saturated heterocycles. The maximum absolute atomic E-state index is 12.4. The number of hydrogen-bond donors (Lipinski definition) is 1. The quantitative estimate of drug-likeness (QED) is 0.861. The van der Waals surface area contributed by atoms with Gasteiger partial charge in [0.15, 0.2) is 0 Å². The van der Waals surface area contributed by atoms with Crippen molar-refractivity contribution in [2.24, 2.45) is 5.92 Å². The van der Waals surface area contributed by atoms with Crippen molar-refractivity contribution in [3.63, 3.8) is 0 Å². The van der Waals surface area contributed by atoms with E-state index in [0.717, 1.165) is 60.1 Å². The third kappa shape index (κ3) is 3.60. The van der Waals surface area contributed by atoms with Gasteiger partial charge in [0, 0.05) is 43.2 Å². The molecule has 1 aliphatic carbocycles. The minimum absolute atomic E-state index is 0.0485. The Morgan fingerprint density at radius 3 is 2.85 bits per heavy atom. The third-order valence-electron chi connectivity index (χ3n) is 5.27. The highest BCUT2D eigenvalue weighted by atomic mass is 16.5. The van der Waals surface area contributed by atoms with Gasteiger partial charge in [0.25, 0.3) is 5.56 Å². The molecule has 0 unspecified atom stereocenters. The van der Waals surface area contributed by atoms with Crippen LogP contribution >= 0.6 is 0 Å². The summed E-state index contributed by atoms with van der Waals surface area (Å²) >= 11 is 0. The second-order valence-corrected chi connectivity index (χ2v) is 7.22. The largest absolute Gasteiger partial charge is 0.497 e. The van der Waals surface area contributed by atoms with Crippen LogP contribution in [0.1, 0.15) is 35.5 Å². The predicted molar refractivity (Wildman–Crippen MR) is 98.6 cm³/mol. The van der Waals surface area contributed by atoms with E-state index in [4.69, 9.17) is 14.5 Å². The van der Waals surface area contributed by atoms with Crippen molar-refractivity contribution in [3.8, 4) is 11.5 Å². The number of H-pyrrole nitrogens is 1. The molecule has 1 N–H and O–H groups in total. The first kappa shape index (κ1) is 17.1. The molecule has 26 heavy (non-hydrogen) atoms. The maximum Gasteiger partial charge on any atom is 0.254 e. The zero-order valence-electron chi connectivity index (χ0n) is 15.4. The smallest absolute Gasteiger partial charge is 0.254 e. The SMILES string of the molecule is COc1ccc(CN2CCc3c(nc(CC4CC4)[nH]c3=O)C2)c(OC)c1. The molecule has 0 bridgehead atoms. The number of benzene rings is 1. The predicted octanol–water partition coefficient (Wildman–Crippen LogP) is 2.30. The Labute approximate surface area is 153 Å². The Morgan fingerprint density at radius 2 is 2.12 bits per heavy atom. The first-order chi connectivity index (χ1) is 12.7. The lowest BCUT2D eigenvalue weighted by Gasteiger charge is -2.28. The summed E-state index contributed by atoms with van der Waals surface area (Å²) in [5.74, 6) is 3.16. The van der Waals surface area contributed by atoms with Crippen LogP contribution in [0.2, 0.25) is 0 Å². The van der Waals surface area contributed by atoms with Crippen LogP contribution in [0.25, 0.3) is 0 Å². The molecular formula is C20H25N3O3. The summed E-state index contributed by atoms with van der Waals surface area (Å²) in [4.78, 5) is 22.4. The standard InChI is InChI=1S/C20H25N3O3/c1-25-15-6-5-14(18(10-15)26-2)11-23-8-7-16-17(12-23)21-19(22-20(16)24)9-13-3-4-13/h5-6,10,13H,3-4,7-9,11-12H2,1-2H3,(H,21,22,24). The fourth-order valence-corrected chi connectivity index (χ4v) is 3.60. The van der Waals surface area contributed by atoms with Crippen LogP contribution < -0.4 is 15.0 Å². The Balaban J connectivity index is 1.52. The van der Waals surface area contributed by atoms with Crippen molar-refractivity contribution in [1.82, 2.24) is 14.9 Å². The van der Waals surface area contributed by atoms with E-state index in [-0.39, 0.29) is 5.56 Å². The first-order valence-electron chi connectivity index (χ1n) is 9.20. The molecule has 138 valence electrons. The molecule has 0 spiro atoms. The average Bonchev–Trinajstić information content (AvgIpc) is 3.45. The van der Waals surface area contributed by atoms with Crippen molar-refractivity contribution >= 4 is 0 Å². The molecule has 1 aromatic heterocycles. The van der Waals surface area contributed by atoms with Gasteiger partial charge in [-0.2, -0.15) is 0 Å². The van der Waals surface area contributed by atoms with Gasteiger partial charge >= 0.3 is 0 Å². The number of nitrogens with zero attached hydrogens (tertiary/aromatic N) is 2. The maximum atomic E-state index is 12.4. The number of hydrogen-bond acceptors (Lipinski definition) is 5. The van der Waals surface area contributed by atoms with Crippen molar-refractivity contribution in [2.45, 2.75) is 38.8 Å². The van der Waals surface area contributed by atoms with Crippen molar-refractivity contribution in [3.05, 3.63) is 51.2 Å². The molecule has 6 nitrogen and oxygen atoms in total. The fourth-order valence-electron chi connectivity index (χ4n) is 3.60. The average molecular weight is 355 g/mol. The van der Waals surface area contributed by atoms with Crippen LogP contribution in [0.15, 0.2) is 23.0 Å². The number of aromatic amines is 1. The Bertz CT molecular complexity index is 858. The second kappa shape index (κ2) is 7.11. The van der Waals surface area contributed by atoms with Gasteiger partial charge in [-0.3, -0.25) is 9.69 Å². The monoisotopic (exact) mass is 355 g/mol. The van der Waals surface area contributed by atoms with Gasteiger partial charge in [0.2, 0.25) is 0 Å². The van der Waals surface area contributed by atoms with Crippen LogP contribution in [0.4, 0.5) is 0 Å². The third-order valence-corrected chi connectivity index (χ3v) is 5.27. The fraction of sp³-hybridized carbons (Fsp3) is 0.500. The number of rotatable bonds is 6. The molecule has 2 aromatic rings. The van der Waals surface area contributed by atoms with Crippen molar-refractivity contribution in [2.75, 3.05) is 20.8 Å². The molecule has 1 saturated carbocycles. The van der Waals surface area contributed by atoms with Crippen LogP contribution in [0, 0.1) is 5.92 Å². The minimum atomic E-state index is 0.0485. The van der Waals surface area contributed by atoms with E-state index < -0.39 is 0 Å². The van der Waals surface area contributed by atoms with E-state index >= 15 is 0 Å². The first-order valence-corrected chi connectivity index (χ1v) is 9.20. The lowest BCUT2D eigenvalue weighted by molar-refractivity contribution is 0.236. The molecule has 1 aromatic carbocycles. The number of ether oxygens (including phenoxy) is 2. The minimum Gasteiger partial charge on any atom is -0.497 e. The summed E-state index contributed by atoms with van der Waals surface area (Å²) in [6.45, 7) is 2.31. The summed E-state index contributed by atoms with van der Waals surface area (Å²) in [7, 11) is 3.33. The summed E-state index contributed by atoms with van der Waals surface area (Å²) in [6, 6.07) is 5.90. The van der Waals surface area contributed by atoms with Gasteiger partial charge in [-0.1, -0.05) is 6.07 Å². The van der Waals surface area contributed by atoms with Gasteiger partial charge in [-0.05, 0) is 31.2 Å². The van der Waals surface area contributed by atoms with Crippen LogP contribution in [0.3, 0.4) is 0 Å². The molecule has 2 heterocycles. The number of methoxy groups -OCH3 is 2. The molecule has 4 rings (SSSR count). The number of nitrogens with one attached hydrogen (secondary N) is 1. The van der Waals surface area contributed by atoms with Gasteiger partial charge < -0.3 is 14.5 Å². The van der Waals surface area contributed by atoms with Gasteiger partial charge in [0.05, 0.1) is 19.9 Å². The van der Waals surface area contributed by atoms with Crippen LogP contribution in [-0.4, -0.2) is 35.6 Å². The molecule has 0 amide bonds. The van der Waals surface area contributed by atoms with Crippen LogP contribution in [0.5, 0.6) is 11.5 Å². The molecule has 6 heteroatoms. The highest BCUT2D eigenvalue weighted by molar-refractivity contribution is 5.40. The van der Waals surface area contributed by atoms with E-state index in [1.165, 1.54) is 12.8 Å². The summed E-state index contributed by atoms with van der Waals surface area (Å²) in [5, 5.41) is 0. The zero-order chi connectivity index (χ0) is 18.1. The van der Waals surface area contributed by atoms with Gasteiger partial charge in [0.1, 0.15) is 17.3 Å². The molecule has 1 fully saturated rings. The lowest BCUT2D eigenvalue weighted by Crippen LogP contribution is -2.35. The van der Waals surface area contributed by atoms with E-state index in [1.807, 2.05) is 18.2 Å². The summed E-state index contributed by atoms with van der Waals surface area (Å²) in [6.07, 6.45) is 4.14. The lowest BCUT2D eigenvalue weighted by atomic mass is 10.0. The number of fused-ring (bicyclic) bond motifs is 1. The van der Waals surface area contributed by atoms with Crippen molar-refractivity contribution in [1.29, 1.82) is 0 Å². The second-order valence-electron chi connectivity index (χ2n) is 7.22. The van der Waals surface area contributed by atoms with E-state index in [1.54, 1.807) is 14.2 Å². The van der Waals surface area contributed by atoms with Gasteiger partial charge in [-0.15, -0.1) is 0 Å². The van der Waals surface area contributed by atoms with Crippen LogP contribution in [-0.2, 0) is 25.9 Å².